The molecular weight excluding hydrogens is 328 g/mol. The zero-order chi connectivity index (χ0) is 19.1. The highest BCUT2D eigenvalue weighted by atomic mass is 16.7. The standard InChI is InChI=1S/C22H44O4/c1-4-7-10-14-17-23-21-24-18-15-12-11-13-16-22(25-19-8-5-2)26-20-9-6-3/h15,18,22H,4-14,16-17,19-21H2,1-3H3. The molecule has 0 saturated heterocycles. The van der Waals surface area contributed by atoms with Crippen molar-refractivity contribution in [2.75, 3.05) is 26.6 Å². The van der Waals surface area contributed by atoms with Crippen molar-refractivity contribution in [3.05, 3.63) is 12.3 Å². The van der Waals surface area contributed by atoms with E-state index in [-0.39, 0.29) is 6.29 Å². The Morgan fingerprint density at radius 3 is 2.04 bits per heavy atom. The van der Waals surface area contributed by atoms with E-state index in [4.69, 9.17) is 18.9 Å². The van der Waals surface area contributed by atoms with Gasteiger partial charge in [-0.2, -0.15) is 0 Å². The van der Waals surface area contributed by atoms with E-state index in [2.05, 4.69) is 26.8 Å². The normalized spacial score (nSPS) is 11.7. The van der Waals surface area contributed by atoms with E-state index in [9.17, 15) is 0 Å². The quantitative estimate of drug-likeness (QED) is 0.129. The van der Waals surface area contributed by atoms with Gasteiger partial charge in [-0.3, -0.25) is 0 Å². The Bertz CT molecular complexity index is 271. The molecule has 0 aliphatic heterocycles. The van der Waals surface area contributed by atoms with Gasteiger partial charge < -0.3 is 18.9 Å². The van der Waals surface area contributed by atoms with Gasteiger partial charge in [0.15, 0.2) is 13.1 Å². The number of hydrogen-bond acceptors (Lipinski definition) is 4. The van der Waals surface area contributed by atoms with E-state index in [0.717, 1.165) is 77.6 Å². The van der Waals surface area contributed by atoms with E-state index in [1.165, 1.54) is 19.3 Å². The molecule has 0 spiro atoms. The Hall–Kier alpha value is -0.580. The molecule has 0 bridgehead atoms. The predicted octanol–water partition coefficient (Wildman–Crippen LogP) is 6.59. The van der Waals surface area contributed by atoms with Crippen LogP contribution >= 0.6 is 0 Å². The molecule has 0 aromatic rings. The highest BCUT2D eigenvalue weighted by Gasteiger charge is 2.08. The topological polar surface area (TPSA) is 36.9 Å². The lowest BCUT2D eigenvalue weighted by molar-refractivity contribution is -0.147. The van der Waals surface area contributed by atoms with E-state index >= 15 is 0 Å². The summed E-state index contributed by atoms with van der Waals surface area (Å²) in [5, 5.41) is 0. The van der Waals surface area contributed by atoms with Gasteiger partial charge in [0.25, 0.3) is 0 Å². The van der Waals surface area contributed by atoms with Crippen LogP contribution in [-0.4, -0.2) is 32.9 Å². The van der Waals surface area contributed by atoms with Gasteiger partial charge in [-0.1, -0.05) is 52.9 Å². The van der Waals surface area contributed by atoms with Crippen LogP contribution in [0.15, 0.2) is 12.3 Å². The zero-order valence-electron chi connectivity index (χ0n) is 17.7. The Balaban J connectivity index is 3.53. The largest absolute Gasteiger partial charge is 0.475 e. The van der Waals surface area contributed by atoms with Crippen LogP contribution in [0.5, 0.6) is 0 Å². The van der Waals surface area contributed by atoms with Crippen molar-refractivity contribution in [2.24, 2.45) is 0 Å². The first-order chi connectivity index (χ1) is 12.8. The lowest BCUT2D eigenvalue weighted by Crippen LogP contribution is -2.18. The molecule has 0 saturated carbocycles. The lowest BCUT2D eigenvalue weighted by Gasteiger charge is -2.18. The van der Waals surface area contributed by atoms with Gasteiger partial charge in [0.1, 0.15) is 0 Å². The number of ether oxygens (including phenoxy) is 4. The molecule has 0 aliphatic carbocycles. The summed E-state index contributed by atoms with van der Waals surface area (Å²) in [5.74, 6) is 0. The molecule has 0 aromatic carbocycles. The molecule has 4 heteroatoms. The van der Waals surface area contributed by atoms with E-state index in [0.29, 0.717) is 6.79 Å². The molecule has 0 aliphatic rings. The third-order valence-electron chi connectivity index (χ3n) is 4.15. The summed E-state index contributed by atoms with van der Waals surface area (Å²) in [6.07, 6.45) is 17.5. The molecule has 156 valence electrons. The van der Waals surface area contributed by atoms with E-state index < -0.39 is 0 Å². The van der Waals surface area contributed by atoms with Crippen molar-refractivity contribution in [3.8, 4) is 0 Å². The SMILES string of the molecule is CCCCCCOCOC=CCCCCC(OCCCC)OCCCC. The van der Waals surface area contributed by atoms with Crippen LogP contribution in [0.4, 0.5) is 0 Å². The fourth-order valence-corrected chi connectivity index (χ4v) is 2.42. The van der Waals surface area contributed by atoms with Crippen LogP contribution in [0.2, 0.25) is 0 Å². The Labute approximate surface area is 162 Å². The minimum atomic E-state index is -0.0329. The van der Waals surface area contributed by atoms with E-state index in [1.807, 2.05) is 0 Å². The Morgan fingerprint density at radius 2 is 1.38 bits per heavy atom. The molecule has 26 heavy (non-hydrogen) atoms. The highest BCUT2D eigenvalue weighted by molar-refractivity contribution is 4.72. The van der Waals surface area contributed by atoms with Crippen LogP contribution in [0.1, 0.15) is 97.8 Å². The molecule has 0 heterocycles. The van der Waals surface area contributed by atoms with Gasteiger partial charge in [0, 0.05) is 13.2 Å². The average Bonchev–Trinajstić information content (AvgIpc) is 2.65. The van der Waals surface area contributed by atoms with Crippen LogP contribution in [-0.2, 0) is 18.9 Å². The summed E-state index contributed by atoms with van der Waals surface area (Å²) in [5.41, 5.74) is 0. The second kappa shape index (κ2) is 22.5. The molecule has 0 radical (unpaired) electrons. The Morgan fingerprint density at radius 1 is 0.692 bits per heavy atom. The third kappa shape index (κ3) is 19.7. The molecule has 0 N–H and O–H groups in total. The monoisotopic (exact) mass is 372 g/mol. The minimum Gasteiger partial charge on any atom is -0.475 e. The summed E-state index contributed by atoms with van der Waals surface area (Å²) in [4.78, 5) is 0. The second-order valence-electron chi connectivity index (χ2n) is 6.79. The van der Waals surface area contributed by atoms with Crippen molar-refractivity contribution in [2.45, 2.75) is 104 Å². The smallest absolute Gasteiger partial charge is 0.188 e. The second-order valence-corrected chi connectivity index (χ2v) is 6.79. The maximum absolute atomic E-state index is 5.85. The first-order valence-electron chi connectivity index (χ1n) is 10.9. The van der Waals surface area contributed by atoms with Crippen molar-refractivity contribution in [3.63, 3.8) is 0 Å². The van der Waals surface area contributed by atoms with Gasteiger partial charge in [-0.25, -0.2) is 0 Å². The Kier molecular flexibility index (Phi) is 22.0. The maximum atomic E-state index is 5.85. The molecule has 0 atom stereocenters. The van der Waals surface area contributed by atoms with Crippen molar-refractivity contribution in [1.29, 1.82) is 0 Å². The molecule has 0 unspecified atom stereocenters. The van der Waals surface area contributed by atoms with Crippen LogP contribution in [0.3, 0.4) is 0 Å². The van der Waals surface area contributed by atoms with Gasteiger partial charge in [-0.15, -0.1) is 0 Å². The number of allylic oxidation sites excluding steroid dienone is 1. The van der Waals surface area contributed by atoms with Crippen molar-refractivity contribution in [1.82, 2.24) is 0 Å². The fourth-order valence-electron chi connectivity index (χ4n) is 2.42. The van der Waals surface area contributed by atoms with Crippen LogP contribution < -0.4 is 0 Å². The minimum absolute atomic E-state index is 0.0329. The molecule has 0 rings (SSSR count). The van der Waals surface area contributed by atoms with Crippen LogP contribution in [0, 0.1) is 0 Å². The summed E-state index contributed by atoms with van der Waals surface area (Å²) in [7, 11) is 0. The van der Waals surface area contributed by atoms with Gasteiger partial charge in [0.2, 0.25) is 0 Å². The lowest BCUT2D eigenvalue weighted by atomic mass is 10.2. The van der Waals surface area contributed by atoms with E-state index in [1.54, 1.807) is 6.26 Å². The first-order valence-corrected chi connectivity index (χ1v) is 10.9. The fraction of sp³-hybridized carbons (Fsp3) is 0.909. The van der Waals surface area contributed by atoms with Gasteiger partial charge in [-0.05, 0) is 51.0 Å². The maximum Gasteiger partial charge on any atom is 0.188 e. The summed E-state index contributed by atoms with van der Waals surface area (Å²) < 4.78 is 22.5. The average molecular weight is 373 g/mol. The van der Waals surface area contributed by atoms with Gasteiger partial charge in [0.05, 0.1) is 12.9 Å². The zero-order valence-corrected chi connectivity index (χ0v) is 17.7. The van der Waals surface area contributed by atoms with Crippen LogP contribution in [0.25, 0.3) is 0 Å². The third-order valence-corrected chi connectivity index (χ3v) is 4.15. The molecule has 0 fully saturated rings. The first kappa shape index (κ1) is 25.4. The van der Waals surface area contributed by atoms with Gasteiger partial charge >= 0.3 is 0 Å². The summed E-state index contributed by atoms with van der Waals surface area (Å²) in [6.45, 7) is 9.35. The number of hydrogen-bond donors (Lipinski definition) is 0. The molecular formula is C22H44O4. The molecule has 0 aromatic heterocycles. The molecule has 4 nitrogen and oxygen atoms in total. The molecule has 0 amide bonds. The summed E-state index contributed by atoms with van der Waals surface area (Å²) >= 11 is 0. The predicted molar refractivity (Wildman–Crippen MR) is 109 cm³/mol. The highest BCUT2D eigenvalue weighted by Crippen LogP contribution is 2.11. The number of rotatable bonds is 21. The van der Waals surface area contributed by atoms with Crippen molar-refractivity contribution >= 4 is 0 Å². The summed E-state index contributed by atoms with van der Waals surface area (Å²) in [6, 6.07) is 0. The van der Waals surface area contributed by atoms with Crippen molar-refractivity contribution < 1.29 is 18.9 Å². The number of unbranched alkanes of at least 4 members (excludes halogenated alkanes) is 7.